The van der Waals surface area contributed by atoms with Gasteiger partial charge in [0, 0.05) is 6.42 Å². The van der Waals surface area contributed by atoms with Gasteiger partial charge in [0.2, 0.25) is 0 Å². The van der Waals surface area contributed by atoms with Gasteiger partial charge >= 0.3 is 0 Å². The van der Waals surface area contributed by atoms with E-state index in [4.69, 9.17) is 33.5 Å². The fraction of sp³-hybridized carbons (Fsp3) is 0.333. The summed E-state index contributed by atoms with van der Waals surface area (Å²) in [4.78, 5) is 4.12. The molecule has 1 aromatic heterocycles. The van der Waals surface area contributed by atoms with Crippen LogP contribution >= 0.6 is 23.2 Å². The van der Waals surface area contributed by atoms with Crippen LogP contribution in [0.4, 0.5) is 0 Å². The summed E-state index contributed by atoms with van der Waals surface area (Å²) < 4.78 is 4.98. The Hall–Kier alpha value is -1.14. The second-order valence-electron chi connectivity index (χ2n) is 4.07. The first kappa shape index (κ1) is 14.3. The third-order valence-corrected chi connectivity index (χ3v) is 3.29. The summed E-state index contributed by atoms with van der Waals surface area (Å²) in [6.07, 6.45) is 0.0180. The zero-order valence-corrected chi connectivity index (χ0v) is 11.5. The normalized spacial score (nSPS) is 12.6. The maximum atomic E-state index is 9.67. The average Bonchev–Trinajstić information content (AvgIpc) is 2.83. The molecule has 0 spiro atoms. The van der Waals surface area contributed by atoms with E-state index in [9.17, 15) is 5.11 Å². The van der Waals surface area contributed by atoms with Crippen LogP contribution in [0.15, 0.2) is 22.7 Å². The molecule has 3 N–H and O–H groups in total. The number of nitrogens with two attached hydrogens (primary N) is 1. The summed E-state index contributed by atoms with van der Waals surface area (Å²) in [6, 6.07) is 5.29. The number of aliphatic hydroxyl groups is 1. The minimum atomic E-state index is -0.819. The smallest absolute Gasteiger partial charge is 0.255 e. The van der Waals surface area contributed by atoms with Crippen LogP contribution in [0.3, 0.4) is 0 Å². The van der Waals surface area contributed by atoms with Crippen molar-refractivity contribution in [2.24, 2.45) is 5.73 Å². The Morgan fingerprint density at radius 1 is 1.32 bits per heavy atom. The predicted octanol–water partition coefficient (Wildman–Crippen LogP) is 2.35. The van der Waals surface area contributed by atoms with E-state index in [1.807, 2.05) is 6.07 Å². The van der Waals surface area contributed by atoms with Gasteiger partial charge < -0.3 is 15.4 Å². The molecule has 0 aliphatic carbocycles. The van der Waals surface area contributed by atoms with E-state index >= 15 is 0 Å². The van der Waals surface area contributed by atoms with Gasteiger partial charge in [-0.1, -0.05) is 34.4 Å². The average molecular weight is 302 g/mol. The standard InChI is InChI=1S/C12H13Cl2N3O2/c13-8-2-1-7(5-9(8)14)6-11-16-12(19-17-11)10(18)3-4-15/h1-2,5,10,18H,3-4,6,15H2. The zero-order chi connectivity index (χ0) is 13.8. The van der Waals surface area contributed by atoms with Crippen molar-refractivity contribution in [1.29, 1.82) is 0 Å². The predicted molar refractivity (Wildman–Crippen MR) is 72.2 cm³/mol. The fourth-order valence-corrected chi connectivity index (χ4v) is 1.91. The fourth-order valence-electron chi connectivity index (χ4n) is 1.59. The third kappa shape index (κ3) is 3.67. The highest BCUT2D eigenvalue weighted by atomic mass is 35.5. The summed E-state index contributed by atoms with van der Waals surface area (Å²) in [7, 11) is 0. The summed E-state index contributed by atoms with van der Waals surface area (Å²) in [5, 5.41) is 14.4. The SMILES string of the molecule is NCCC(O)c1nc(Cc2ccc(Cl)c(Cl)c2)no1. The van der Waals surface area contributed by atoms with E-state index in [1.54, 1.807) is 12.1 Å². The molecule has 7 heteroatoms. The Balaban J connectivity index is 2.09. The number of nitrogens with zero attached hydrogens (tertiary/aromatic N) is 2. The highest BCUT2D eigenvalue weighted by Gasteiger charge is 2.15. The number of aromatic nitrogens is 2. The van der Waals surface area contributed by atoms with Crippen LogP contribution in [0.5, 0.6) is 0 Å². The third-order valence-electron chi connectivity index (χ3n) is 2.56. The first-order chi connectivity index (χ1) is 9.10. The van der Waals surface area contributed by atoms with Crippen molar-refractivity contribution in [3.8, 4) is 0 Å². The maximum Gasteiger partial charge on any atom is 0.255 e. The van der Waals surface area contributed by atoms with E-state index in [0.29, 0.717) is 35.3 Å². The van der Waals surface area contributed by atoms with Crippen LogP contribution in [0.2, 0.25) is 10.0 Å². The first-order valence-electron chi connectivity index (χ1n) is 5.74. The number of benzene rings is 1. The summed E-state index contributed by atoms with van der Waals surface area (Å²) in [6.45, 7) is 0.353. The van der Waals surface area contributed by atoms with Crippen molar-refractivity contribution in [3.63, 3.8) is 0 Å². The van der Waals surface area contributed by atoms with Gasteiger partial charge in [-0.05, 0) is 30.7 Å². The van der Waals surface area contributed by atoms with Crippen LogP contribution in [-0.2, 0) is 6.42 Å². The molecule has 1 unspecified atom stereocenters. The number of hydrogen-bond donors (Lipinski definition) is 2. The lowest BCUT2D eigenvalue weighted by molar-refractivity contribution is 0.127. The number of aliphatic hydroxyl groups excluding tert-OH is 1. The van der Waals surface area contributed by atoms with Gasteiger partial charge in [0.25, 0.3) is 5.89 Å². The number of hydrogen-bond acceptors (Lipinski definition) is 5. The molecule has 0 saturated carbocycles. The zero-order valence-electron chi connectivity index (χ0n) is 10.0. The number of halogens is 2. The Kier molecular flexibility index (Phi) is 4.76. The monoisotopic (exact) mass is 301 g/mol. The van der Waals surface area contributed by atoms with E-state index in [2.05, 4.69) is 10.1 Å². The van der Waals surface area contributed by atoms with Crippen LogP contribution in [-0.4, -0.2) is 21.8 Å². The first-order valence-corrected chi connectivity index (χ1v) is 6.50. The minimum absolute atomic E-state index is 0.181. The van der Waals surface area contributed by atoms with Crippen molar-refractivity contribution < 1.29 is 9.63 Å². The molecule has 0 fully saturated rings. The molecule has 19 heavy (non-hydrogen) atoms. The minimum Gasteiger partial charge on any atom is -0.383 e. The molecule has 1 heterocycles. The van der Waals surface area contributed by atoms with Gasteiger partial charge in [-0.15, -0.1) is 0 Å². The van der Waals surface area contributed by atoms with E-state index in [0.717, 1.165) is 5.56 Å². The van der Waals surface area contributed by atoms with E-state index in [1.165, 1.54) is 0 Å². The molecule has 2 aromatic rings. The lowest BCUT2D eigenvalue weighted by Gasteiger charge is -2.01. The van der Waals surface area contributed by atoms with Gasteiger partial charge in [-0.2, -0.15) is 4.98 Å². The van der Waals surface area contributed by atoms with Crippen LogP contribution in [0.25, 0.3) is 0 Å². The number of rotatable bonds is 5. The molecule has 0 amide bonds. The van der Waals surface area contributed by atoms with E-state index < -0.39 is 6.10 Å². The molecular weight excluding hydrogens is 289 g/mol. The lowest BCUT2D eigenvalue weighted by atomic mass is 10.1. The Morgan fingerprint density at radius 2 is 2.11 bits per heavy atom. The van der Waals surface area contributed by atoms with Gasteiger partial charge in [-0.25, -0.2) is 0 Å². The Bertz CT molecular complexity index is 560. The van der Waals surface area contributed by atoms with E-state index in [-0.39, 0.29) is 5.89 Å². The summed E-state index contributed by atoms with van der Waals surface area (Å²) in [5.41, 5.74) is 6.26. The molecule has 0 radical (unpaired) electrons. The highest BCUT2D eigenvalue weighted by molar-refractivity contribution is 6.42. The molecule has 0 bridgehead atoms. The lowest BCUT2D eigenvalue weighted by Crippen LogP contribution is -2.07. The molecule has 0 saturated heterocycles. The maximum absolute atomic E-state index is 9.67. The molecule has 0 aliphatic heterocycles. The Labute approximate surface area is 120 Å². The largest absolute Gasteiger partial charge is 0.383 e. The molecule has 1 aromatic carbocycles. The van der Waals surface area contributed by atoms with Gasteiger partial charge in [-0.3, -0.25) is 0 Å². The van der Waals surface area contributed by atoms with Crippen molar-refractivity contribution in [2.75, 3.05) is 6.54 Å². The van der Waals surface area contributed by atoms with Crippen molar-refractivity contribution in [3.05, 3.63) is 45.5 Å². The highest BCUT2D eigenvalue weighted by Crippen LogP contribution is 2.23. The molecule has 1 atom stereocenters. The van der Waals surface area contributed by atoms with Crippen LogP contribution in [0, 0.1) is 0 Å². The van der Waals surface area contributed by atoms with Gasteiger partial charge in [0.1, 0.15) is 6.10 Å². The molecule has 5 nitrogen and oxygen atoms in total. The molecular formula is C12H13Cl2N3O2. The van der Waals surface area contributed by atoms with Crippen LogP contribution in [0.1, 0.15) is 29.8 Å². The molecule has 0 aliphatic rings. The van der Waals surface area contributed by atoms with Gasteiger partial charge in [0.15, 0.2) is 5.82 Å². The Morgan fingerprint density at radius 3 is 2.79 bits per heavy atom. The quantitative estimate of drug-likeness (QED) is 0.885. The molecule has 102 valence electrons. The van der Waals surface area contributed by atoms with Crippen LogP contribution < -0.4 is 5.73 Å². The summed E-state index contributed by atoms with van der Waals surface area (Å²) in [5.74, 6) is 0.657. The second kappa shape index (κ2) is 6.34. The second-order valence-corrected chi connectivity index (χ2v) is 4.88. The van der Waals surface area contributed by atoms with Crippen molar-refractivity contribution in [1.82, 2.24) is 10.1 Å². The van der Waals surface area contributed by atoms with Crippen molar-refractivity contribution >= 4 is 23.2 Å². The topological polar surface area (TPSA) is 85.2 Å². The van der Waals surface area contributed by atoms with Crippen molar-refractivity contribution in [2.45, 2.75) is 18.9 Å². The molecule has 2 rings (SSSR count). The summed E-state index contributed by atoms with van der Waals surface area (Å²) >= 11 is 11.8. The van der Waals surface area contributed by atoms with Gasteiger partial charge in [0.05, 0.1) is 10.0 Å².